The van der Waals surface area contributed by atoms with Crippen LogP contribution in [0.1, 0.15) is 49.2 Å². The number of nitrogens with one attached hydrogen (secondary N) is 2. The van der Waals surface area contributed by atoms with Crippen LogP contribution in [0.25, 0.3) is 10.6 Å². The molecule has 0 saturated carbocycles. The monoisotopic (exact) mass is 636 g/mol. The average Bonchev–Trinajstić information content (AvgIpc) is 3.29. The predicted molar refractivity (Wildman–Crippen MR) is 174 cm³/mol. The van der Waals surface area contributed by atoms with E-state index in [1.54, 1.807) is 23.5 Å². The molecule has 4 rings (SSSR count). The van der Waals surface area contributed by atoms with Crippen LogP contribution in [0.2, 0.25) is 0 Å². The minimum Gasteiger partial charge on any atom is -0.490 e. The average molecular weight is 637 g/mol. The van der Waals surface area contributed by atoms with E-state index in [9.17, 15) is 9.46 Å². The minimum atomic E-state index is -3.43. The number of thiazole rings is 1. The van der Waals surface area contributed by atoms with Crippen LogP contribution in [-0.4, -0.2) is 66.1 Å². The molecule has 0 spiro atoms. The Balaban J connectivity index is 1.59. The predicted octanol–water partition coefficient (Wildman–Crippen LogP) is 6.95. The molecule has 8 nitrogen and oxygen atoms in total. The summed E-state index contributed by atoms with van der Waals surface area (Å²) < 4.78 is 40.0. The summed E-state index contributed by atoms with van der Waals surface area (Å²) in [4.78, 5) is 18.3. The van der Waals surface area contributed by atoms with Crippen molar-refractivity contribution in [1.29, 1.82) is 0 Å². The maximum Gasteiger partial charge on any atom is 0.303 e. The van der Waals surface area contributed by atoms with Crippen LogP contribution < -0.4 is 14.9 Å². The molecule has 3 N–H and O–H groups in total. The van der Waals surface area contributed by atoms with Crippen LogP contribution in [0, 0.1) is 18.2 Å². The lowest BCUT2D eigenvalue weighted by Gasteiger charge is -2.49. The number of nitrogens with zero attached hydrogens (tertiary/aromatic N) is 3. The second-order valence-electron chi connectivity index (χ2n) is 11.6. The highest BCUT2D eigenvalue weighted by Gasteiger charge is 2.65. The molecule has 3 aromatic rings. The third kappa shape index (κ3) is 6.98. The van der Waals surface area contributed by atoms with E-state index in [2.05, 4.69) is 24.0 Å². The van der Waals surface area contributed by atoms with Gasteiger partial charge in [-0.1, -0.05) is 64.1 Å². The zero-order valence-corrected chi connectivity index (χ0v) is 28.3. The van der Waals surface area contributed by atoms with Gasteiger partial charge in [0, 0.05) is 62.7 Å². The van der Waals surface area contributed by atoms with E-state index >= 15 is 4.39 Å². The van der Waals surface area contributed by atoms with Gasteiger partial charge in [0.05, 0.1) is 12.3 Å². The lowest BCUT2D eigenvalue weighted by molar-refractivity contribution is 0.169. The van der Waals surface area contributed by atoms with Gasteiger partial charge in [-0.15, -0.1) is 20.7 Å². The molecule has 0 amide bonds. The van der Waals surface area contributed by atoms with E-state index in [0.29, 0.717) is 38.2 Å². The third-order valence-corrected chi connectivity index (χ3v) is 16.3. The van der Waals surface area contributed by atoms with Crippen molar-refractivity contribution in [3.05, 3.63) is 70.5 Å². The van der Waals surface area contributed by atoms with Gasteiger partial charge in [-0.05, 0) is 24.5 Å². The van der Waals surface area contributed by atoms with E-state index in [4.69, 9.17) is 9.72 Å². The van der Waals surface area contributed by atoms with Crippen LogP contribution in [0.3, 0.4) is 0 Å². The molecule has 12 heteroatoms. The molecule has 0 radical (unpaired) electrons. The largest absolute Gasteiger partial charge is 0.490 e. The molecule has 1 aliphatic heterocycles. The van der Waals surface area contributed by atoms with Crippen molar-refractivity contribution >= 4 is 26.6 Å². The molecule has 0 aliphatic carbocycles. The van der Waals surface area contributed by atoms with Crippen molar-refractivity contribution in [2.24, 2.45) is 5.41 Å². The normalized spacial score (nSPS) is 18.2. The molecule has 1 atom stereocenters. The smallest absolute Gasteiger partial charge is 0.303 e. The molecule has 0 bridgehead atoms. The fourth-order valence-corrected chi connectivity index (χ4v) is 15.1. The number of aromatic nitrogens is 1. The maximum absolute atomic E-state index is 15.6. The molecular weight excluding hydrogens is 591 g/mol. The first-order valence-corrected chi connectivity index (χ1v) is 18.7. The van der Waals surface area contributed by atoms with Crippen LogP contribution in [0.15, 0.2) is 48.5 Å². The zero-order valence-electron chi connectivity index (χ0n) is 25.7. The van der Waals surface area contributed by atoms with Crippen LogP contribution in [0.4, 0.5) is 4.39 Å². The molecule has 1 aliphatic rings. The van der Waals surface area contributed by atoms with Crippen molar-refractivity contribution in [3.8, 4) is 16.3 Å². The molecular formula is C30H45FN5O3P2S+. The Kier molecular flexibility index (Phi) is 10.7. The third-order valence-electron chi connectivity index (χ3n) is 7.54. The summed E-state index contributed by atoms with van der Waals surface area (Å²) in [6.07, 6.45) is 0.547. The lowest BCUT2D eigenvalue weighted by atomic mass is 9.93. The van der Waals surface area contributed by atoms with Crippen LogP contribution in [0.5, 0.6) is 5.75 Å². The summed E-state index contributed by atoms with van der Waals surface area (Å²) >= 11 is 1.64. The second-order valence-corrected chi connectivity index (χ2v) is 18.8. The van der Waals surface area contributed by atoms with Crippen LogP contribution >= 0.6 is 26.6 Å². The number of hydrogen-bond acceptors (Lipinski definition) is 7. The van der Waals surface area contributed by atoms with Crippen molar-refractivity contribution in [1.82, 2.24) is 24.5 Å². The van der Waals surface area contributed by atoms with Crippen LogP contribution in [-0.2, 0) is 11.0 Å². The molecule has 1 fully saturated rings. The number of halogens is 1. The van der Waals surface area contributed by atoms with Gasteiger partial charge in [0.2, 0.25) is 5.40 Å². The summed E-state index contributed by atoms with van der Waals surface area (Å²) in [5, 5.41) is 6.38. The number of rotatable bonds is 12. The minimum absolute atomic E-state index is 0.0683. The fourth-order valence-electron chi connectivity index (χ4n) is 5.87. The summed E-state index contributed by atoms with van der Waals surface area (Å²) in [6, 6.07) is 14.7. The van der Waals surface area contributed by atoms with E-state index in [0.717, 1.165) is 21.1 Å². The highest BCUT2D eigenvalue weighted by molar-refractivity contribution is 7.80. The quantitative estimate of drug-likeness (QED) is 0.184. The van der Waals surface area contributed by atoms with Gasteiger partial charge in [-0.3, -0.25) is 14.7 Å². The van der Waals surface area contributed by atoms with E-state index in [1.807, 2.05) is 74.5 Å². The topological polar surface area (TPSA) is 90.0 Å². The number of hydrogen-bond donors (Lipinski definition) is 3. The van der Waals surface area contributed by atoms with Gasteiger partial charge in [0.25, 0.3) is 7.44 Å². The highest BCUT2D eigenvalue weighted by Crippen LogP contribution is 2.82. The van der Waals surface area contributed by atoms with E-state index in [-0.39, 0.29) is 17.8 Å². The Morgan fingerprint density at radius 1 is 1.12 bits per heavy atom. The summed E-state index contributed by atoms with van der Waals surface area (Å²) in [7, 11) is -2.88. The maximum atomic E-state index is 15.6. The van der Waals surface area contributed by atoms with E-state index in [1.165, 1.54) is 6.07 Å². The summed E-state index contributed by atoms with van der Waals surface area (Å²) in [5.41, 5.74) is 2.42. The molecule has 1 aromatic heterocycles. The van der Waals surface area contributed by atoms with Gasteiger partial charge in [-0.2, -0.15) is 0 Å². The summed E-state index contributed by atoms with van der Waals surface area (Å²) in [5.74, 6) is -0.432. The molecule has 42 heavy (non-hydrogen) atoms. The van der Waals surface area contributed by atoms with Crippen molar-refractivity contribution in [2.75, 3.05) is 46.9 Å². The number of benzene rings is 2. The van der Waals surface area contributed by atoms with Crippen molar-refractivity contribution in [2.45, 2.75) is 46.4 Å². The zero-order chi connectivity index (χ0) is 30.7. The van der Waals surface area contributed by atoms with E-state index < -0.39 is 26.5 Å². The molecule has 2 aromatic carbocycles. The number of ether oxygens (including phenoxy) is 1. The first kappa shape index (κ1) is 33.2. The second kappa shape index (κ2) is 13.5. The first-order chi connectivity index (χ1) is 19.8. The van der Waals surface area contributed by atoms with Crippen molar-refractivity contribution < 1.29 is 18.6 Å². The fraction of sp³-hybridized carbons (Fsp3) is 0.500. The van der Waals surface area contributed by atoms with Gasteiger partial charge < -0.3 is 4.74 Å². The Labute approximate surface area is 254 Å². The highest BCUT2D eigenvalue weighted by atomic mass is 32.1. The number of aryl methyl sites for hydroxylation is 1. The SMILES string of the molecule is CCNP(=O)(NCC)C(c1ccc(OCCc2nc(-c3ccccc3)sc2C)c(F)c1)[P+]1(O)N(C)CC(C)(C)CN1C. The van der Waals surface area contributed by atoms with Gasteiger partial charge >= 0.3 is 7.79 Å². The van der Waals surface area contributed by atoms with Gasteiger partial charge in [0.1, 0.15) is 5.01 Å². The van der Waals surface area contributed by atoms with Crippen molar-refractivity contribution in [3.63, 3.8) is 0 Å². The Morgan fingerprint density at radius 3 is 2.31 bits per heavy atom. The van der Waals surface area contributed by atoms with Gasteiger partial charge in [-0.25, -0.2) is 14.3 Å². The summed E-state index contributed by atoms with van der Waals surface area (Å²) in [6.45, 7) is 12.5. The first-order valence-electron chi connectivity index (χ1n) is 14.4. The molecule has 1 saturated heterocycles. The Bertz CT molecular complexity index is 1380. The Morgan fingerprint density at radius 2 is 1.74 bits per heavy atom. The van der Waals surface area contributed by atoms with Gasteiger partial charge in [0.15, 0.2) is 11.6 Å². The Hall–Kier alpha value is -1.74. The molecule has 230 valence electrons. The molecule has 1 unspecified atom stereocenters. The lowest BCUT2D eigenvalue weighted by Crippen LogP contribution is -2.50. The standard InChI is InChI=1S/C30H45FN5O3P2S/c1-8-32-40(37,33-9-2)29(41(38)35(6)20-30(4,5)21-36(41)7)24-15-16-27(25(31)19-24)39-18-17-26-22(3)42-28(34-26)23-13-11-10-12-14-23/h10-16,19,29,38H,8-9,17-18,20-21H2,1-7H3,(H2,32,33,37)/q+1. The molecule has 2 heterocycles.